The number of carbonyl (C=O) groups is 2. The fraction of sp³-hybridized carbons (Fsp3) is 0.818. The number of carboxylic acids is 1. The smallest absolute Gasteiger partial charge is 0.380 e. The molecule has 1 aliphatic rings. The number of aliphatic hydroxyl groups excluding tert-OH is 5. The Balaban J connectivity index is 3.22. The van der Waals surface area contributed by atoms with Crippen molar-refractivity contribution in [3.63, 3.8) is 0 Å². The summed E-state index contributed by atoms with van der Waals surface area (Å²) >= 11 is 0. The molecule has 128 valence electrons. The minimum Gasteiger partial charge on any atom is -0.476 e. The van der Waals surface area contributed by atoms with E-state index >= 15 is 0 Å². The Kier molecular flexibility index (Phi) is 5.81. The summed E-state index contributed by atoms with van der Waals surface area (Å²) in [6, 6.07) is -1.52. The normalized spacial score (nSPS) is 38.1. The second-order valence-corrected chi connectivity index (χ2v) is 4.90. The Labute approximate surface area is 124 Å². The van der Waals surface area contributed by atoms with E-state index in [1.807, 2.05) is 0 Å². The van der Waals surface area contributed by atoms with Crippen LogP contribution in [0.25, 0.3) is 0 Å². The van der Waals surface area contributed by atoms with Gasteiger partial charge in [-0.25, -0.2) is 4.79 Å². The van der Waals surface area contributed by atoms with Gasteiger partial charge in [-0.3, -0.25) is 4.79 Å². The summed E-state index contributed by atoms with van der Waals surface area (Å²) in [4.78, 5) is 22.5. The van der Waals surface area contributed by atoms with E-state index in [2.05, 4.69) is 4.74 Å². The lowest BCUT2D eigenvalue weighted by molar-refractivity contribution is -0.333. The number of nitrogens with two attached hydrogens (primary N) is 1. The number of aliphatic hydroxyl groups is 5. The largest absolute Gasteiger partial charge is 0.476 e. The average molecular weight is 325 g/mol. The van der Waals surface area contributed by atoms with Crippen LogP contribution in [0, 0.1) is 0 Å². The summed E-state index contributed by atoms with van der Waals surface area (Å²) in [6.45, 7) is -0.0598. The average Bonchev–Trinajstić information content (AvgIpc) is 2.45. The molecule has 7 atom stereocenters. The van der Waals surface area contributed by atoms with Gasteiger partial charge in [0.05, 0.1) is 12.6 Å². The zero-order valence-electron chi connectivity index (χ0n) is 11.6. The first kappa shape index (κ1) is 18.7. The van der Waals surface area contributed by atoms with E-state index in [0.717, 1.165) is 6.92 Å². The zero-order chi connectivity index (χ0) is 17.2. The molecule has 0 saturated carbocycles. The molecule has 8 N–H and O–H groups in total. The second-order valence-electron chi connectivity index (χ2n) is 4.90. The summed E-state index contributed by atoms with van der Waals surface area (Å²) < 4.78 is 9.41. The molecule has 11 heteroatoms. The lowest BCUT2D eigenvalue weighted by Crippen LogP contribution is -2.73. The quantitative estimate of drug-likeness (QED) is 0.240. The van der Waals surface area contributed by atoms with E-state index in [0.29, 0.717) is 0 Å². The molecule has 22 heavy (non-hydrogen) atoms. The molecule has 11 nitrogen and oxygen atoms in total. The first-order valence-corrected chi connectivity index (χ1v) is 6.28. The maximum atomic E-state index is 11.4. The van der Waals surface area contributed by atoms with E-state index in [1.165, 1.54) is 0 Å². The highest BCUT2D eigenvalue weighted by molar-refractivity contribution is 5.81. The number of hydrogen-bond donors (Lipinski definition) is 7. The zero-order valence-corrected chi connectivity index (χ0v) is 11.6. The number of ether oxygens (including phenoxy) is 2. The molecular weight excluding hydrogens is 306 g/mol. The standard InChI is InChI=1S/C11H19NO10/c1-3(14)21-11(10(19)20)9(18)7(17)5(12)8(22-11)6(16)4(15)2-13/h4-9,13,15-18H,2,12H2,1H3,(H,19,20)/t4?,5-,6?,7-,8-,9?,11?/m1/s1. The lowest BCUT2D eigenvalue weighted by atomic mass is 9.87. The second kappa shape index (κ2) is 6.83. The van der Waals surface area contributed by atoms with Crippen molar-refractivity contribution >= 4 is 11.9 Å². The molecule has 0 aromatic carbocycles. The van der Waals surface area contributed by atoms with E-state index in [-0.39, 0.29) is 0 Å². The van der Waals surface area contributed by atoms with Gasteiger partial charge in [-0.2, -0.15) is 0 Å². The van der Waals surface area contributed by atoms with Gasteiger partial charge < -0.3 is 45.8 Å². The van der Waals surface area contributed by atoms with Gasteiger partial charge in [0.15, 0.2) is 6.10 Å². The fourth-order valence-electron chi connectivity index (χ4n) is 2.12. The van der Waals surface area contributed by atoms with E-state index in [4.69, 9.17) is 15.6 Å². The van der Waals surface area contributed by atoms with Crippen LogP contribution < -0.4 is 5.73 Å². The van der Waals surface area contributed by atoms with Crippen LogP contribution in [0.5, 0.6) is 0 Å². The molecule has 1 aliphatic heterocycles. The highest BCUT2D eigenvalue weighted by Crippen LogP contribution is 2.33. The van der Waals surface area contributed by atoms with Crippen LogP contribution >= 0.6 is 0 Å². The predicted molar refractivity (Wildman–Crippen MR) is 66.1 cm³/mol. The predicted octanol–water partition coefficient (Wildman–Crippen LogP) is -4.51. The SMILES string of the molecule is CC(=O)OC1(C(=O)O)O[C@@H](C(O)C(O)CO)[C@H](N)[C@@H](O)C1O. The molecule has 1 rings (SSSR count). The summed E-state index contributed by atoms with van der Waals surface area (Å²) in [5, 5.41) is 57.0. The molecule has 1 heterocycles. The van der Waals surface area contributed by atoms with Gasteiger partial charge in [-0.15, -0.1) is 0 Å². The van der Waals surface area contributed by atoms with Crippen LogP contribution in [0.1, 0.15) is 6.92 Å². The highest BCUT2D eigenvalue weighted by atomic mass is 16.8. The molecule has 0 aliphatic carbocycles. The molecule has 1 saturated heterocycles. The molecule has 0 amide bonds. The summed E-state index contributed by atoms with van der Waals surface area (Å²) in [7, 11) is 0. The van der Waals surface area contributed by atoms with E-state index in [9.17, 15) is 35.1 Å². The summed E-state index contributed by atoms with van der Waals surface area (Å²) in [6.07, 6.45) is -9.59. The van der Waals surface area contributed by atoms with Gasteiger partial charge >= 0.3 is 17.7 Å². The van der Waals surface area contributed by atoms with Crippen molar-refractivity contribution in [1.29, 1.82) is 0 Å². The third kappa shape index (κ3) is 3.20. The lowest BCUT2D eigenvalue weighted by Gasteiger charge is -2.47. The minimum atomic E-state index is -3.01. The Morgan fingerprint density at radius 1 is 1.36 bits per heavy atom. The Morgan fingerprint density at radius 3 is 2.32 bits per heavy atom. The van der Waals surface area contributed by atoms with Crippen LogP contribution in [0.3, 0.4) is 0 Å². The van der Waals surface area contributed by atoms with Crippen LogP contribution in [0.4, 0.5) is 0 Å². The van der Waals surface area contributed by atoms with E-state index < -0.39 is 60.9 Å². The maximum absolute atomic E-state index is 11.4. The third-order valence-corrected chi connectivity index (χ3v) is 3.31. The van der Waals surface area contributed by atoms with Gasteiger partial charge in [0.25, 0.3) is 0 Å². The number of esters is 1. The number of hydrogen-bond acceptors (Lipinski definition) is 10. The van der Waals surface area contributed by atoms with Crippen LogP contribution in [-0.2, 0) is 19.1 Å². The number of rotatable bonds is 5. The topological polar surface area (TPSA) is 200 Å². The van der Waals surface area contributed by atoms with Crippen molar-refractivity contribution < 1.29 is 49.7 Å². The number of carbonyl (C=O) groups excluding carboxylic acids is 1. The van der Waals surface area contributed by atoms with Crippen molar-refractivity contribution in [2.24, 2.45) is 5.73 Å². The Morgan fingerprint density at radius 2 is 1.91 bits per heavy atom. The highest BCUT2D eigenvalue weighted by Gasteiger charge is 2.62. The summed E-state index contributed by atoms with van der Waals surface area (Å²) in [5.74, 6) is -6.10. The van der Waals surface area contributed by atoms with Crippen molar-refractivity contribution in [2.75, 3.05) is 6.61 Å². The van der Waals surface area contributed by atoms with Crippen LogP contribution in [-0.4, -0.2) is 91.5 Å². The van der Waals surface area contributed by atoms with Gasteiger partial charge in [-0.1, -0.05) is 0 Å². The van der Waals surface area contributed by atoms with E-state index in [1.54, 1.807) is 0 Å². The first-order chi connectivity index (χ1) is 10.1. The van der Waals surface area contributed by atoms with Gasteiger partial charge in [0, 0.05) is 6.92 Å². The number of aliphatic carboxylic acids is 1. The van der Waals surface area contributed by atoms with Crippen molar-refractivity contribution in [3.8, 4) is 0 Å². The fourth-order valence-corrected chi connectivity index (χ4v) is 2.12. The molecule has 0 aromatic heterocycles. The maximum Gasteiger partial charge on any atom is 0.380 e. The van der Waals surface area contributed by atoms with Crippen molar-refractivity contribution in [3.05, 3.63) is 0 Å². The number of carboxylic acid groups (broad SMARTS) is 1. The first-order valence-electron chi connectivity index (χ1n) is 6.28. The molecule has 0 bridgehead atoms. The van der Waals surface area contributed by atoms with Crippen molar-refractivity contribution in [2.45, 2.75) is 49.3 Å². The molecular formula is C11H19NO10. The molecule has 0 spiro atoms. The van der Waals surface area contributed by atoms with Gasteiger partial charge in [0.1, 0.15) is 24.4 Å². The van der Waals surface area contributed by atoms with Gasteiger partial charge in [-0.05, 0) is 0 Å². The summed E-state index contributed by atoms with van der Waals surface area (Å²) in [5.41, 5.74) is 5.54. The van der Waals surface area contributed by atoms with Gasteiger partial charge in [0.2, 0.25) is 0 Å². The third-order valence-electron chi connectivity index (χ3n) is 3.31. The monoisotopic (exact) mass is 325 g/mol. The molecule has 0 radical (unpaired) electrons. The van der Waals surface area contributed by atoms with Crippen molar-refractivity contribution in [1.82, 2.24) is 0 Å². The Hall–Kier alpha value is -1.34. The molecule has 0 aromatic rings. The Bertz CT molecular complexity index is 427. The van der Waals surface area contributed by atoms with Crippen LogP contribution in [0.15, 0.2) is 0 Å². The minimum absolute atomic E-state index is 0.843. The van der Waals surface area contributed by atoms with Crippen LogP contribution in [0.2, 0.25) is 0 Å². The molecule has 4 unspecified atom stereocenters. The molecule has 1 fully saturated rings.